The summed E-state index contributed by atoms with van der Waals surface area (Å²) in [7, 11) is 0. The van der Waals surface area contributed by atoms with Gasteiger partial charge in [-0.05, 0) is 19.8 Å². The van der Waals surface area contributed by atoms with Gasteiger partial charge in [0.05, 0.1) is 12.9 Å². The maximum atomic E-state index is 11.5. The zero-order valence-electron chi connectivity index (χ0n) is 8.21. The minimum atomic E-state index is -0.718. The van der Waals surface area contributed by atoms with Crippen LogP contribution in [0, 0.1) is 0 Å². The van der Waals surface area contributed by atoms with Gasteiger partial charge < -0.3 is 9.47 Å². The summed E-state index contributed by atoms with van der Waals surface area (Å²) in [5.41, 5.74) is -0.718. The molecule has 0 aromatic rings. The van der Waals surface area contributed by atoms with E-state index < -0.39 is 5.60 Å². The van der Waals surface area contributed by atoms with Crippen molar-refractivity contribution in [2.45, 2.75) is 38.7 Å². The van der Waals surface area contributed by atoms with Gasteiger partial charge in [0.25, 0.3) is 0 Å². The number of carbonyl (C=O) groups is 1. The highest BCUT2D eigenvalue weighted by Crippen LogP contribution is 2.28. The lowest BCUT2D eigenvalue weighted by Crippen LogP contribution is -2.44. The Hall–Kier alpha value is -0.990. The highest BCUT2D eigenvalue weighted by Gasteiger charge is 2.42. The third-order valence-corrected chi connectivity index (χ3v) is 2.33. The zero-order chi connectivity index (χ0) is 9.73. The van der Waals surface area contributed by atoms with E-state index in [1.807, 2.05) is 13.8 Å². The average Bonchev–Trinajstić information content (AvgIpc) is 2.17. The van der Waals surface area contributed by atoms with E-state index in [2.05, 4.69) is 0 Å². The van der Waals surface area contributed by atoms with Gasteiger partial charge in [0.1, 0.15) is 0 Å². The highest BCUT2D eigenvalue weighted by molar-refractivity contribution is 5.80. The number of carbonyl (C=O) groups excluding carboxylic acids is 1. The number of ether oxygens (including phenoxy) is 2. The molecule has 1 rings (SSSR count). The number of rotatable bonds is 3. The molecule has 1 aliphatic rings. The van der Waals surface area contributed by atoms with Crippen LogP contribution in [-0.2, 0) is 14.3 Å². The monoisotopic (exact) mass is 184 g/mol. The molecule has 0 spiro atoms. The second-order valence-electron chi connectivity index (χ2n) is 3.17. The normalized spacial score (nSPS) is 28.9. The largest absolute Gasteiger partial charge is 0.484 e. The summed E-state index contributed by atoms with van der Waals surface area (Å²) < 4.78 is 10.4. The zero-order valence-corrected chi connectivity index (χ0v) is 8.21. The molecule has 74 valence electrons. The molecule has 0 aromatic heterocycles. The maximum absolute atomic E-state index is 11.5. The van der Waals surface area contributed by atoms with Crippen LogP contribution in [0.5, 0.6) is 0 Å². The van der Waals surface area contributed by atoms with Crippen LogP contribution in [0.1, 0.15) is 33.1 Å². The first kappa shape index (κ1) is 10.1. The molecule has 0 radical (unpaired) electrons. The van der Waals surface area contributed by atoms with Crippen molar-refractivity contribution in [2.24, 2.45) is 0 Å². The van der Waals surface area contributed by atoms with Gasteiger partial charge in [-0.15, -0.1) is 0 Å². The molecule has 0 saturated carbocycles. The van der Waals surface area contributed by atoms with Crippen molar-refractivity contribution in [3.05, 3.63) is 12.3 Å². The van der Waals surface area contributed by atoms with Crippen molar-refractivity contribution in [2.75, 3.05) is 6.61 Å². The summed E-state index contributed by atoms with van der Waals surface area (Å²) in [6.07, 6.45) is 5.65. The van der Waals surface area contributed by atoms with Crippen molar-refractivity contribution in [3.8, 4) is 0 Å². The molecule has 1 saturated heterocycles. The predicted molar refractivity (Wildman–Crippen MR) is 49.1 cm³/mol. The van der Waals surface area contributed by atoms with Gasteiger partial charge in [-0.3, -0.25) is 0 Å². The van der Waals surface area contributed by atoms with Crippen LogP contribution < -0.4 is 0 Å². The van der Waals surface area contributed by atoms with Crippen LogP contribution >= 0.6 is 0 Å². The van der Waals surface area contributed by atoms with E-state index in [9.17, 15) is 4.79 Å². The Kier molecular flexibility index (Phi) is 3.34. The van der Waals surface area contributed by atoms with E-state index in [1.54, 1.807) is 12.3 Å². The second-order valence-corrected chi connectivity index (χ2v) is 3.17. The smallest absolute Gasteiger partial charge is 0.350 e. The quantitative estimate of drug-likeness (QED) is 0.497. The Morgan fingerprint density at radius 1 is 1.69 bits per heavy atom. The summed E-state index contributed by atoms with van der Waals surface area (Å²) in [6, 6.07) is 0. The first-order valence-corrected chi connectivity index (χ1v) is 4.71. The molecular weight excluding hydrogens is 168 g/mol. The third-order valence-electron chi connectivity index (χ3n) is 2.33. The van der Waals surface area contributed by atoms with Gasteiger partial charge in [-0.1, -0.05) is 13.0 Å². The minimum Gasteiger partial charge on any atom is -0.484 e. The van der Waals surface area contributed by atoms with E-state index in [0.29, 0.717) is 13.0 Å². The molecule has 13 heavy (non-hydrogen) atoms. The summed E-state index contributed by atoms with van der Waals surface area (Å²) in [6.45, 7) is 4.33. The molecule has 0 aromatic carbocycles. The molecule has 1 aliphatic heterocycles. The number of esters is 1. The van der Waals surface area contributed by atoms with Crippen LogP contribution in [0.25, 0.3) is 0 Å². The summed E-state index contributed by atoms with van der Waals surface area (Å²) >= 11 is 0. The Labute approximate surface area is 78.7 Å². The second kappa shape index (κ2) is 4.30. The standard InChI is InChI=1S/C10H16O3/c1-3-7-13-10(4-2)6-5-8-12-9(10)11/h3,7H,4-6,8H2,1-2H3. The fraction of sp³-hybridized carbons (Fsp3) is 0.700. The Bertz CT molecular complexity index is 210. The minimum absolute atomic E-state index is 0.223. The molecule has 0 N–H and O–H groups in total. The number of hydrogen-bond donors (Lipinski definition) is 0. The molecule has 3 heteroatoms. The third kappa shape index (κ3) is 2.02. The number of hydrogen-bond acceptors (Lipinski definition) is 3. The van der Waals surface area contributed by atoms with Crippen LogP contribution in [0.4, 0.5) is 0 Å². The van der Waals surface area contributed by atoms with Gasteiger partial charge in [0.2, 0.25) is 5.60 Å². The maximum Gasteiger partial charge on any atom is 0.350 e. The summed E-state index contributed by atoms with van der Waals surface area (Å²) in [5.74, 6) is -0.223. The Morgan fingerprint density at radius 2 is 2.46 bits per heavy atom. The molecule has 1 atom stereocenters. The number of cyclic esters (lactones) is 1. The first-order chi connectivity index (χ1) is 6.25. The van der Waals surface area contributed by atoms with Crippen molar-refractivity contribution >= 4 is 5.97 Å². The van der Waals surface area contributed by atoms with E-state index in [4.69, 9.17) is 9.47 Å². The van der Waals surface area contributed by atoms with Crippen LogP contribution in [0.15, 0.2) is 12.3 Å². The summed E-state index contributed by atoms with van der Waals surface area (Å²) in [5, 5.41) is 0. The van der Waals surface area contributed by atoms with Crippen LogP contribution in [-0.4, -0.2) is 18.2 Å². The first-order valence-electron chi connectivity index (χ1n) is 4.71. The molecule has 3 nitrogen and oxygen atoms in total. The van der Waals surface area contributed by atoms with Gasteiger partial charge in [0.15, 0.2) is 0 Å². The van der Waals surface area contributed by atoms with Crippen LogP contribution in [0.3, 0.4) is 0 Å². The van der Waals surface area contributed by atoms with Crippen molar-refractivity contribution in [1.82, 2.24) is 0 Å². The van der Waals surface area contributed by atoms with E-state index >= 15 is 0 Å². The highest BCUT2D eigenvalue weighted by atomic mass is 16.6. The van der Waals surface area contributed by atoms with Gasteiger partial charge in [0, 0.05) is 6.42 Å². The number of allylic oxidation sites excluding steroid dienone is 1. The Balaban J connectivity index is 2.70. The molecule has 1 unspecified atom stereocenters. The molecule has 0 amide bonds. The van der Waals surface area contributed by atoms with Gasteiger partial charge in [-0.25, -0.2) is 4.79 Å². The van der Waals surface area contributed by atoms with E-state index in [1.165, 1.54) is 0 Å². The fourth-order valence-corrected chi connectivity index (χ4v) is 1.47. The lowest BCUT2D eigenvalue weighted by molar-refractivity contribution is -0.174. The van der Waals surface area contributed by atoms with Gasteiger partial charge >= 0.3 is 5.97 Å². The topological polar surface area (TPSA) is 35.5 Å². The predicted octanol–water partition coefficient (Wildman–Crippen LogP) is 2.02. The molecule has 0 bridgehead atoms. The Morgan fingerprint density at radius 3 is 3.00 bits per heavy atom. The van der Waals surface area contributed by atoms with E-state index in [-0.39, 0.29) is 5.97 Å². The molecular formula is C10H16O3. The fourth-order valence-electron chi connectivity index (χ4n) is 1.47. The van der Waals surface area contributed by atoms with Crippen molar-refractivity contribution < 1.29 is 14.3 Å². The lowest BCUT2D eigenvalue weighted by Gasteiger charge is -2.33. The molecule has 0 aliphatic carbocycles. The van der Waals surface area contributed by atoms with E-state index in [0.717, 1.165) is 12.8 Å². The van der Waals surface area contributed by atoms with Crippen molar-refractivity contribution in [3.63, 3.8) is 0 Å². The molecule has 1 heterocycles. The molecule has 1 fully saturated rings. The lowest BCUT2D eigenvalue weighted by atomic mass is 9.93. The van der Waals surface area contributed by atoms with Crippen LogP contribution in [0.2, 0.25) is 0 Å². The van der Waals surface area contributed by atoms with Gasteiger partial charge in [-0.2, -0.15) is 0 Å². The SMILES string of the molecule is CC=COC1(CC)CCCOC1=O. The average molecular weight is 184 g/mol. The van der Waals surface area contributed by atoms with Crippen molar-refractivity contribution in [1.29, 1.82) is 0 Å². The summed E-state index contributed by atoms with van der Waals surface area (Å²) in [4.78, 5) is 11.5.